The molecule has 0 aliphatic rings. The molecule has 0 spiro atoms. The zero-order valence-corrected chi connectivity index (χ0v) is 5.70. The summed E-state index contributed by atoms with van der Waals surface area (Å²) in [6.07, 6.45) is 1.52. The van der Waals surface area contributed by atoms with Crippen LogP contribution < -0.4 is 4.74 Å². The Balaban J connectivity index is 2.80. The van der Waals surface area contributed by atoms with Gasteiger partial charge in [0.05, 0.1) is 7.11 Å². The minimum atomic E-state index is -0.225. The molecule has 0 fully saturated rings. The molecule has 3 nitrogen and oxygen atoms in total. The van der Waals surface area contributed by atoms with Crippen LogP contribution in [0.2, 0.25) is 0 Å². The third kappa shape index (κ3) is 1.45. The van der Waals surface area contributed by atoms with Crippen molar-refractivity contribution in [3.63, 3.8) is 0 Å². The minimum Gasteiger partial charge on any atom is -0.481 e. The maximum Gasteiger partial charge on any atom is 0.212 e. The highest BCUT2D eigenvalue weighted by Crippen LogP contribution is 2.05. The van der Waals surface area contributed by atoms with Crippen LogP contribution in [-0.2, 0) is 11.7 Å². The third-order valence-electron chi connectivity index (χ3n) is 1.17. The van der Waals surface area contributed by atoms with E-state index in [1.807, 2.05) is 0 Å². The number of ether oxygens (including phenoxy) is 1. The maximum absolute atomic E-state index is 10.3. The smallest absolute Gasteiger partial charge is 0.212 e. The van der Waals surface area contributed by atoms with E-state index in [2.05, 4.69) is 4.98 Å². The lowest BCUT2D eigenvalue weighted by molar-refractivity contribution is 0.177. The standard InChI is InChI=1S/C7H8NO2/c1-10-7-3-2-6(5-9)4-8-7/h2-4H,5H2,1H3. The van der Waals surface area contributed by atoms with E-state index in [1.54, 1.807) is 19.2 Å². The van der Waals surface area contributed by atoms with Gasteiger partial charge >= 0.3 is 0 Å². The van der Waals surface area contributed by atoms with Gasteiger partial charge in [-0.15, -0.1) is 0 Å². The van der Waals surface area contributed by atoms with Crippen LogP contribution >= 0.6 is 0 Å². The quantitative estimate of drug-likeness (QED) is 0.612. The Hall–Kier alpha value is -1.09. The first-order chi connectivity index (χ1) is 4.86. The van der Waals surface area contributed by atoms with Crippen LogP contribution in [0.1, 0.15) is 5.56 Å². The Bertz CT molecular complexity index is 172. The molecular weight excluding hydrogens is 130 g/mol. The Labute approximate surface area is 59.3 Å². The molecule has 0 N–H and O–H groups in total. The molecular formula is C7H8NO2. The van der Waals surface area contributed by atoms with Gasteiger partial charge in [-0.2, -0.15) is 0 Å². The lowest BCUT2D eigenvalue weighted by Gasteiger charge is -1.97. The van der Waals surface area contributed by atoms with Crippen LogP contribution in [0.5, 0.6) is 5.88 Å². The van der Waals surface area contributed by atoms with Crippen molar-refractivity contribution in [1.29, 1.82) is 0 Å². The highest BCUT2D eigenvalue weighted by atomic mass is 16.5. The summed E-state index contributed by atoms with van der Waals surface area (Å²) in [5.74, 6) is 0.539. The molecule has 0 saturated heterocycles. The summed E-state index contributed by atoms with van der Waals surface area (Å²) in [7, 11) is 1.54. The molecule has 3 heteroatoms. The Morgan fingerprint density at radius 2 is 2.40 bits per heavy atom. The summed E-state index contributed by atoms with van der Waals surface area (Å²) in [5.41, 5.74) is 0.681. The van der Waals surface area contributed by atoms with E-state index >= 15 is 0 Å². The second-order valence-corrected chi connectivity index (χ2v) is 1.85. The fourth-order valence-electron chi connectivity index (χ4n) is 0.617. The number of rotatable bonds is 2. The first-order valence-corrected chi connectivity index (χ1v) is 2.94. The first-order valence-electron chi connectivity index (χ1n) is 2.94. The van der Waals surface area contributed by atoms with Crippen LogP contribution in [0.15, 0.2) is 18.3 Å². The number of pyridine rings is 1. The highest BCUT2D eigenvalue weighted by molar-refractivity contribution is 5.16. The van der Waals surface area contributed by atoms with Gasteiger partial charge in [-0.1, -0.05) is 0 Å². The predicted molar refractivity (Wildman–Crippen MR) is 35.2 cm³/mol. The van der Waals surface area contributed by atoms with Crippen LogP contribution in [0.4, 0.5) is 0 Å². The number of hydrogen-bond acceptors (Lipinski definition) is 2. The molecule has 10 heavy (non-hydrogen) atoms. The normalized spacial score (nSPS) is 9.40. The number of nitrogens with zero attached hydrogens (tertiary/aromatic N) is 1. The number of aromatic nitrogens is 1. The molecule has 1 rings (SSSR count). The van der Waals surface area contributed by atoms with E-state index < -0.39 is 0 Å². The van der Waals surface area contributed by atoms with Crippen LogP contribution in [0, 0.1) is 0 Å². The van der Waals surface area contributed by atoms with E-state index in [9.17, 15) is 5.11 Å². The van der Waals surface area contributed by atoms with Crippen molar-refractivity contribution in [2.24, 2.45) is 0 Å². The molecule has 0 amide bonds. The second kappa shape index (κ2) is 3.17. The van der Waals surface area contributed by atoms with Crippen molar-refractivity contribution in [2.45, 2.75) is 6.61 Å². The van der Waals surface area contributed by atoms with Gasteiger partial charge in [0.1, 0.15) is 6.61 Å². The fourth-order valence-corrected chi connectivity index (χ4v) is 0.617. The van der Waals surface area contributed by atoms with Gasteiger partial charge < -0.3 is 4.74 Å². The Morgan fingerprint density at radius 1 is 1.60 bits per heavy atom. The van der Waals surface area contributed by atoms with Crippen molar-refractivity contribution >= 4 is 0 Å². The molecule has 0 saturated carbocycles. The van der Waals surface area contributed by atoms with Crippen molar-refractivity contribution in [3.05, 3.63) is 23.9 Å². The van der Waals surface area contributed by atoms with Gasteiger partial charge in [-0.3, -0.25) is 0 Å². The SMILES string of the molecule is COc1ccc(C[O])cn1. The summed E-state index contributed by atoms with van der Waals surface area (Å²) in [4.78, 5) is 3.85. The molecule has 1 aromatic rings. The van der Waals surface area contributed by atoms with Gasteiger partial charge in [0, 0.05) is 12.3 Å². The summed E-state index contributed by atoms with van der Waals surface area (Å²) in [6, 6.07) is 3.38. The molecule has 0 aliphatic heterocycles. The molecule has 53 valence electrons. The summed E-state index contributed by atoms with van der Waals surface area (Å²) in [5, 5.41) is 10.3. The van der Waals surface area contributed by atoms with E-state index in [0.29, 0.717) is 11.4 Å². The monoisotopic (exact) mass is 138 g/mol. The first kappa shape index (κ1) is 7.02. The average Bonchev–Trinajstić information content (AvgIpc) is 2.05. The molecule has 0 unspecified atom stereocenters. The van der Waals surface area contributed by atoms with Gasteiger partial charge in [0.2, 0.25) is 5.88 Å². The number of methoxy groups -OCH3 is 1. The second-order valence-electron chi connectivity index (χ2n) is 1.85. The van der Waals surface area contributed by atoms with Gasteiger partial charge in [0.25, 0.3) is 0 Å². The predicted octanol–water partition coefficient (Wildman–Crippen LogP) is 1.02. The van der Waals surface area contributed by atoms with Gasteiger partial charge in [0.15, 0.2) is 0 Å². The molecule has 0 bridgehead atoms. The van der Waals surface area contributed by atoms with Crippen LogP contribution in [0.3, 0.4) is 0 Å². The zero-order valence-electron chi connectivity index (χ0n) is 5.70. The van der Waals surface area contributed by atoms with Crippen molar-refractivity contribution in [3.8, 4) is 5.88 Å². The summed E-state index contributed by atoms with van der Waals surface area (Å²) < 4.78 is 4.80. The fraction of sp³-hybridized carbons (Fsp3) is 0.286. The van der Waals surface area contributed by atoms with Crippen LogP contribution in [0.25, 0.3) is 0 Å². The third-order valence-corrected chi connectivity index (χ3v) is 1.17. The Morgan fingerprint density at radius 3 is 2.80 bits per heavy atom. The van der Waals surface area contributed by atoms with E-state index in [-0.39, 0.29) is 6.61 Å². The van der Waals surface area contributed by atoms with Crippen LogP contribution in [-0.4, -0.2) is 12.1 Å². The molecule has 0 aromatic carbocycles. The zero-order chi connectivity index (χ0) is 7.40. The van der Waals surface area contributed by atoms with Crippen molar-refractivity contribution < 1.29 is 9.84 Å². The van der Waals surface area contributed by atoms with E-state index in [1.165, 1.54) is 6.20 Å². The largest absolute Gasteiger partial charge is 0.481 e. The topological polar surface area (TPSA) is 42.0 Å². The number of hydrogen-bond donors (Lipinski definition) is 0. The molecule has 1 aromatic heterocycles. The minimum absolute atomic E-state index is 0.225. The average molecular weight is 138 g/mol. The molecule has 1 radical (unpaired) electrons. The highest BCUT2D eigenvalue weighted by Gasteiger charge is 1.92. The Kier molecular flexibility index (Phi) is 2.23. The maximum atomic E-state index is 10.3. The van der Waals surface area contributed by atoms with E-state index in [4.69, 9.17) is 4.74 Å². The van der Waals surface area contributed by atoms with Crippen molar-refractivity contribution in [1.82, 2.24) is 4.98 Å². The summed E-state index contributed by atoms with van der Waals surface area (Å²) >= 11 is 0. The van der Waals surface area contributed by atoms with Crippen molar-refractivity contribution in [2.75, 3.05) is 7.11 Å². The lowest BCUT2D eigenvalue weighted by atomic mass is 10.3. The molecule has 0 atom stereocenters. The summed E-state index contributed by atoms with van der Waals surface area (Å²) in [6.45, 7) is -0.225. The lowest BCUT2D eigenvalue weighted by Crippen LogP contribution is -1.88. The van der Waals surface area contributed by atoms with E-state index in [0.717, 1.165) is 0 Å². The molecule has 0 aliphatic carbocycles. The van der Waals surface area contributed by atoms with Gasteiger partial charge in [-0.25, -0.2) is 10.1 Å². The van der Waals surface area contributed by atoms with Gasteiger partial charge in [-0.05, 0) is 11.6 Å². The molecule has 1 heterocycles.